The Bertz CT molecular complexity index is 185. The van der Waals surface area contributed by atoms with Crippen LogP contribution in [0.1, 0.15) is 32.1 Å². The van der Waals surface area contributed by atoms with E-state index >= 15 is 0 Å². The van der Waals surface area contributed by atoms with E-state index in [1.54, 1.807) is 0 Å². The maximum Gasteiger partial charge on any atom is 0.221 e. The average molecular weight is 200 g/mol. The van der Waals surface area contributed by atoms with Crippen LogP contribution in [0.25, 0.3) is 0 Å². The van der Waals surface area contributed by atoms with E-state index in [2.05, 4.69) is 5.32 Å². The first-order valence-electron chi connectivity index (χ1n) is 5.38. The van der Waals surface area contributed by atoms with Crippen molar-refractivity contribution in [3.05, 3.63) is 0 Å². The highest BCUT2D eigenvalue weighted by atomic mass is 16.3. The lowest BCUT2D eigenvalue weighted by atomic mass is 9.85. The second-order valence-corrected chi connectivity index (χ2v) is 3.94. The van der Waals surface area contributed by atoms with Crippen molar-refractivity contribution in [3.63, 3.8) is 0 Å². The largest absolute Gasteiger partial charge is 0.396 e. The SMILES string of the molecule is NCCC(=O)NC1CCCCC1CO. The van der Waals surface area contributed by atoms with Gasteiger partial charge in [-0.15, -0.1) is 0 Å². The number of amides is 1. The van der Waals surface area contributed by atoms with Gasteiger partial charge in [0.2, 0.25) is 5.91 Å². The van der Waals surface area contributed by atoms with Crippen LogP contribution in [0.2, 0.25) is 0 Å². The van der Waals surface area contributed by atoms with Crippen molar-refractivity contribution < 1.29 is 9.90 Å². The maximum atomic E-state index is 11.3. The molecular formula is C10H20N2O2. The minimum atomic E-state index is 0.0119. The number of hydrogen-bond donors (Lipinski definition) is 3. The van der Waals surface area contributed by atoms with Gasteiger partial charge in [0, 0.05) is 31.5 Å². The van der Waals surface area contributed by atoms with Crippen LogP contribution in [0.4, 0.5) is 0 Å². The van der Waals surface area contributed by atoms with E-state index in [4.69, 9.17) is 10.8 Å². The van der Waals surface area contributed by atoms with Crippen molar-refractivity contribution >= 4 is 5.91 Å². The normalized spacial score (nSPS) is 27.3. The molecule has 0 saturated heterocycles. The Morgan fingerprint density at radius 3 is 2.79 bits per heavy atom. The zero-order valence-electron chi connectivity index (χ0n) is 8.54. The van der Waals surface area contributed by atoms with Crippen molar-refractivity contribution in [3.8, 4) is 0 Å². The molecule has 0 radical (unpaired) electrons. The van der Waals surface area contributed by atoms with Gasteiger partial charge in [0.25, 0.3) is 0 Å². The van der Waals surface area contributed by atoms with Gasteiger partial charge in [0.1, 0.15) is 0 Å². The van der Waals surface area contributed by atoms with E-state index in [-0.39, 0.29) is 24.5 Å². The molecule has 1 aliphatic carbocycles. The lowest BCUT2D eigenvalue weighted by Gasteiger charge is -2.30. The molecule has 0 aromatic heterocycles. The molecule has 0 aromatic carbocycles. The first-order valence-corrected chi connectivity index (χ1v) is 5.38. The van der Waals surface area contributed by atoms with Gasteiger partial charge in [-0.3, -0.25) is 4.79 Å². The van der Waals surface area contributed by atoms with Gasteiger partial charge in [-0.2, -0.15) is 0 Å². The van der Waals surface area contributed by atoms with Crippen LogP contribution in [0.3, 0.4) is 0 Å². The summed E-state index contributed by atoms with van der Waals surface area (Å²) in [5, 5.41) is 12.1. The second kappa shape index (κ2) is 5.98. The van der Waals surface area contributed by atoms with E-state index in [0.29, 0.717) is 13.0 Å². The van der Waals surface area contributed by atoms with Crippen LogP contribution in [0, 0.1) is 5.92 Å². The lowest BCUT2D eigenvalue weighted by Crippen LogP contribution is -2.43. The number of nitrogens with one attached hydrogen (secondary N) is 1. The van der Waals surface area contributed by atoms with Crippen molar-refractivity contribution in [2.45, 2.75) is 38.1 Å². The van der Waals surface area contributed by atoms with E-state index < -0.39 is 0 Å². The zero-order chi connectivity index (χ0) is 10.4. The number of rotatable bonds is 4. The summed E-state index contributed by atoms with van der Waals surface area (Å²) in [5.41, 5.74) is 5.29. The number of nitrogens with two attached hydrogens (primary N) is 1. The lowest BCUT2D eigenvalue weighted by molar-refractivity contribution is -0.122. The molecule has 1 saturated carbocycles. The van der Waals surface area contributed by atoms with Gasteiger partial charge in [-0.05, 0) is 12.8 Å². The first kappa shape index (κ1) is 11.5. The molecule has 82 valence electrons. The molecule has 4 heteroatoms. The highest BCUT2D eigenvalue weighted by Crippen LogP contribution is 2.23. The Labute approximate surface area is 84.9 Å². The molecule has 4 N–H and O–H groups in total. The number of aliphatic hydroxyl groups excluding tert-OH is 1. The summed E-state index contributed by atoms with van der Waals surface area (Å²) in [4.78, 5) is 11.3. The molecule has 1 rings (SSSR count). The van der Waals surface area contributed by atoms with Gasteiger partial charge in [0.05, 0.1) is 0 Å². The molecule has 14 heavy (non-hydrogen) atoms. The highest BCUT2D eigenvalue weighted by molar-refractivity contribution is 5.76. The summed E-state index contributed by atoms with van der Waals surface area (Å²) < 4.78 is 0. The van der Waals surface area contributed by atoms with Gasteiger partial charge >= 0.3 is 0 Å². The zero-order valence-corrected chi connectivity index (χ0v) is 8.54. The van der Waals surface area contributed by atoms with E-state index in [0.717, 1.165) is 25.7 Å². The summed E-state index contributed by atoms with van der Waals surface area (Å²) in [6.07, 6.45) is 4.69. The minimum absolute atomic E-state index is 0.0119. The van der Waals surface area contributed by atoms with Crippen LogP contribution in [0.15, 0.2) is 0 Å². The minimum Gasteiger partial charge on any atom is -0.396 e. The quantitative estimate of drug-likeness (QED) is 0.598. The third-order valence-corrected chi connectivity index (χ3v) is 2.86. The molecule has 1 amide bonds. The summed E-state index contributed by atoms with van der Waals surface area (Å²) in [6.45, 7) is 0.565. The molecule has 0 aliphatic heterocycles. The smallest absolute Gasteiger partial charge is 0.221 e. The van der Waals surface area contributed by atoms with Crippen LogP contribution >= 0.6 is 0 Å². The standard InChI is InChI=1S/C10H20N2O2/c11-6-5-10(14)12-9-4-2-1-3-8(9)7-13/h8-9,13H,1-7,11H2,(H,12,14). The molecule has 1 aliphatic rings. The monoisotopic (exact) mass is 200 g/mol. The van der Waals surface area contributed by atoms with Crippen LogP contribution < -0.4 is 11.1 Å². The van der Waals surface area contributed by atoms with Crippen molar-refractivity contribution in [2.24, 2.45) is 11.7 Å². The summed E-state index contributed by atoms with van der Waals surface area (Å²) >= 11 is 0. The van der Waals surface area contributed by atoms with Crippen LogP contribution in [-0.2, 0) is 4.79 Å². The Balaban J connectivity index is 2.36. The van der Waals surface area contributed by atoms with Crippen molar-refractivity contribution in [1.29, 1.82) is 0 Å². The van der Waals surface area contributed by atoms with Gasteiger partial charge in [-0.1, -0.05) is 12.8 Å². The fraction of sp³-hybridized carbons (Fsp3) is 0.900. The third kappa shape index (κ3) is 3.27. The summed E-state index contributed by atoms with van der Waals surface area (Å²) in [7, 11) is 0. The Hall–Kier alpha value is -0.610. The molecule has 0 heterocycles. The number of carbonyl (C=O) groups excluding carboxylic acids is 1. The molecule has 1 fully saturated rings. The van der Waals surface area contributed by atoms with Gasteiger partial charge in [-0.25, -0.2) is 0 Å². The first-order chi connectivity index (χ1) is 6.77. The molecular weight excluding hydrogens is 180 g/mol. The molecule has 2 atom stereocenters. The summed E-state index contributed by atoms with van der Waals surface area (Å²) in [6, 6.07) is 0.160. The number of carbonyl (C=O) groups is 1. The number of aliphatic hydroxyl groups is 1. The fourth-order valence-corrected chi connectivity index (χ4v) is 2.03. The van der Waals surface area contributed by atoms with Crippen molar-refractivity contribution in [1.82, 2.24) is 5.32 Å². The number of hydrogen-bond acceptors (Lipinski definition) is 3. The van der Waals surface area contributed by atoms with Gasteiger partial charge in [0.15, 0.2) is 0 Å². The Morgan fingerprint density at radius 1 is 1.43 bits per heavy atom. The Morgan fingerprint density at radius 2 is 2.14 bits per heavy atom. The van der Waals surface area contributed by atoms with E-state index in [1.807, 2.05) is 0 Å². The van der Waals surface area contributed by atoms with Crippen molar-refractivity contribution in [2.75, 3.05) is 13.2 Å². The second-order valence-electron chi connectivity index (χ2n) is 3.94. The molecule has 0 aromatic rings. The third-order valence-electron chi connectivity index (χ3n) is 2.86. The van der Waals surface area contributed by atoms with E-state index in [1.165, 1.54) is 0 Å². The molecule has 2 unspecified atom stereocenters. The molecule has 0 spiro atoms. The Kier molecular flexibility index (Phi) is 4.90. The predicted octanol–water partition coefficient (Wildman–Crippen LogP) is 0.00250. The highest BCUT2D eigenvalue weighted by Gasteiger charge is 2.25. The molecule has 0 bridgehead atoms. The maximum absolute atomic E-state index is 11.3. The summed E-state index contributed by atoms with van der Waals surface area (Å²) in [5.74, 6) is 0.253. The van der Waals surface area contributed by atoms with Crippen LogP contribution in [-0.4, -0.2) is 30.2 Å². The molecule has 4 nitrogen and oxygen atoms in total. The van der Waals surface area contributed by atoms with Gasteiger partial charge < -0.3 is 16.2 Å². The topological polar surface area (TPSA) is 75.4 Å². The van der Waals surface area contributed by atoms with Crippen LogP contribution in [0.5, 0.6) is 0 Å². The average Bonchev–Trinajstić information content (AvgIpc) is 2.19. The fourth-order valence-electron chi connectivity index (χ4n) is 2.03. The predicted molar refractivity (Wildman–Crippen MR) is 54.6 cm³/mol. The van der Waals surface area contributed by atoms with E-state index in [9.17, 15) is 4.79 Å².